The van der Waals surface area contributed by atoms with Crippen molar-refractivity contribution in [2.24, 2.45) is 5.73 Å². The number of rotatable bonds is 3. The molecule has 2 aliphatic heterocycles. The molecular formula is C16H23ClN2O2. The van der Waals surface area contributed by atoms with E-state index in [0.29, 0.717) is 36.6 Å². The molecule has 5 heteroatoms. The van der Waals surface area contributed by atoms with E-state index in [9.17, 15) is 0 Å². The van der Waals surface area contributed by atoms with E-state index >= 15 is 0 Å². The highest BCUT2D eigenvalue weighted by Gasteiger charge is 2.29. The van der Waals surface area contributed by atoms with Crippen LogP contribution in [0.15, 0.2) is 12.1 Å². The lowest BCUT2D eigenvalue weighted by molar-refractivity contribution is 0.195. The Kier molecular flexibility index (Phi) is 4.57. The van der Waals surface area contributed by atoms with Crippen molar-refractivity contribution in [3.8, 4) is 11.5 Å². The van der Waals surface area contributed by atoms with Gasteiger partial charge in [-0.2, -0.15) is 0 Å². The summed E-state index contributed by atoms with van der Waals surface area (Å²) in [6, 6.07) is 4.79. The summed E-state index contributed by atoms with van der Waals surface area (Å²) in [6.07, 6.45) is 3.34. The molecule has 0 radical (unpaired) electrons. The summed E-state index contributed by atoms with van der Waals surface area (Å²) in [5, 5.41) is 0.620. The van der Waals surface area contributed by atoms with Crippen molar-refractivity contribution in [1.29, 1.82) is 0 Å². The van der Waals surface area contributed by atoms with Gasteiger partial charge in [0.15, 0.2) is 11.5 Å². The Hall–Kier alpha value is -0.970. The molecule has 1 aromatic carbocycles. The van der Waals surface area contributed by atoms with Crippen LogP contribution in [0.4, 0.5) is 0 Å². The van der Waals surface area contributed by atoms with E-state index in [0.717, 1.165) is 24.3 Å². The van der Waals surface area contributed by atoms with Gasteiger partial charge < -0.3 is 15.2 Å². The van der Waals surface area contributed by atoms with E-state index in [1.807, 2.05) is 6.07 Å². The van der Waals surface area contributed by atoms with Gasteiger partial charge in [0.1, 0.15) is 0 Å². The molecular weight excluding hydrogens is 288 g/mol. The summed E-state index contributed by atoms with van der Waals surface area (Å²) >= 11 is 6.40. The molecule has 0 bridgehead atoms. The summed E-state index contributed by atoms with van der Waals surface area (Å²) < 4.78 is 11.5. The van der Waals surface area contributed by atoms with Gasteiger partial charge in [0.25, 0.3) is 0 Å². The molecule has 2 atom stereocenters. The zero-order valence-electron chi connectivity index (χ0n) is 12.5. The van der Waals surface area contributed by atoms with Crippen LogP contribution in [0.25, 0.3) is 0 Å². The predicted octanol–water partition coefficient (Wildman–Crippen LogP) is 2.99. The molecule has 1 aromatic rings. The number of likely N-dealkylation sites (tertiary alicyclic amines) is 1. The zero-order valence-corrected chi connectivity index (χ0v) is 13.2. The van der Waals surface area contributed by atoms with Gasteiger partial charge in [0, 0.05) is 25.0 Å². The largest absolute Gasteiger partial charge is 0.489 e. The Balaban J connectivity index is 1.93. The summed E-state index contributed by atoms with van der Waals surface area (Å²) in [7, 11) is 0. The second-order valence-corrected chi connectivity index (χ2v) is 6.27. The molecule has 1 fully saturated rings. The Morgan fingerprint density at radius 2 is 2.14 bits per heavy atom. The van der Waals surface area contributed by atoms with Gasteiger partial charge in [-0.3, -0.25) is 4.90 Å². The summed E-state index contributed by atoms with van der Waals surface area (Å²) in [6.45, 7) is 5.26. The lowest BCUT2D eigenvalue weighted by atomic mass is 10.0. The summed E-state index contributed by atoms with van der Waals surface area (Å²) in [5.41, 5.74) is 7.17. The Bertz CT molecular complexity index is 509. The van der Waals surface area contributed by atoms with Crippen molar-refractivity contribution in [3.05, 3.63) is 22.7 Å². The van der Waals surface area contributed by atoms with E-state index in [2.05, 4.69) is 17.9 Å². The molecule has 2 unspecified atom stereocenters. The SMILES string of the molecule is CC1CCCN1C(CN)c1cc(Cl)c2c(c1)OCCCO2. The average molecular weight is 311 g/mol. The number of benzene rings is 1. The van der Waals surface area contributed by atoms with Gasteiger partial charge in [-0.05, 0) is 44.0 Å². The molecule has 2 N–H and O–H groups in total. The maximum Gasteiger partial charge on any atom is 0.179 e. The Labute approximate surface area is 131 Å². The van der Waals surface area contributed by atoms with Crippen LogP contribution in [0.2, 0.25) is 5.02 Å². The fraction of sp³-hybridized carbons (Fsp3) is 0.625. The van der Waals surface area contributed by atoms with Crippen LogP contribution in [0.5, 0.6) is 11.5 Å². The third kappa shape index (κ3) is 2.98. The Morgan fingerprint density at radius 1 is 1.33 bits per heavy atom. The van der Waals surface area contributed by atoms with Gasteiger partial charge in [0.05, 0.1) is 18.2 Å². The van der Waals surface area contributed by atoms with E-state index in [1.54, 1.807) is 0 Å². The standard InChI is InChI=1S/C16H23ClN2O2/c1-11-4-2-5-19(11)14(10-18)12-8-13(17)16-15(9-12)20-6-3-7-21-16/h8-9,11,14H,2-7,10,18H2,1H3. The minimum atomic E-state index is 0.192. The third-order valence-electron chi connectivity index (χ3n) is 4.44. The minimum Gasteiger partial charge on any atom is -0.489 e. The van der Waals surface area contributed by atoms with Crippen molar-refractivity contribution < 1.29 is 9.47 Å². The highest BCUT2D eigenvalue weighted by Crippen LogP contribution is 2.41. The fourth-order valence-electron chi connectivity index (χ4n) is 3.32. The molecule has 0 amide bonds. The molecule has 0 spiro atoms. The normalized spacial score (nSPS) is 23.9. The highest BCUT2D eigenvalue weighted by molar-refractivity contribution is 6.32. The first-order valence-electron chi connectivity index (χ1n) is 7.75. The number of fused-ring (bicyclic) bond motifs is 1. The lowest BCUT2D eigenvalue weighted by Gasteiger charge is -2.31. The molecule has 2 aliphatic rings. The second kappa shape index (κ2) is 6.42. The maximum absolute atomic E-state index is 6.40. The van der Waals surface area contributed by atoms with Gasteiger partial charge in [-0.15, -0.1) is 0 Å². The molecule has 2 heterocycles. The van der Waals surface area contributed by atoms with Crippen molar-refractivity contribution in [2.45, 2.75) is 38.3 Å². The van der Waals surface area contributed by atoms with Gasteiger partial charge in [-0.25, -0.2) is 0 Å². The van der Waals surface area contributed by atoms with Gasteiger partial charge in [0.2, 0.25) is 0 Å². The first-order valence-corrected chi connectivity index (χ1v) is 8.13. The van der Waals surface area contributed by atoms with Crippen molar-refractivity contribution in [3.63, 3.8) is 0 Å². The minimum absolute atomic E-state index is 0.192. The summed E-state index contributed by atoms with van der Waals surface area (Å²) in [4.78, 5) is 2.47. The van der Waals surface area contributed by atoms with Gasteiger partial charge >= 0.3 is 0 Å². The molecule has 1 saturated heterocycles. The molecule has 0 aromatic heterocycles. The molecule has 21 heavy (non-hydrogen) atoms. The van der Waals surface area contributed by atoms with Crippen LogP contribution in [0, 0.1) is 0 Å². The monoisotopic (exact) mass is 310 g/mol. The highest BCUT2D eigenvalue weighted by atomic mass is 35.5. The predicted molar refractivity (Wildman–Crippen MR) is 84.3 cm³/mol. The number of nitrogens with zero attached hydrogens (tertiary/aromatic N) is 1. The topological polar surface area (TPSA) is 47.7 Å². The first kappa shape index (κ1) is 14.9. The first-order chi connectivity index (χ1) is 10.2. The van der Waals surface area contributed by atoms with Crippen molar-refractivity contribution in [2.75, 3.05) is 26.3 Å². The van der Waals surface area contributed by atoms with Gasteiger partial charge in [-0.1, -0.05) is 11.6 Å². The van der Waals surface area contributed by atoms with Crippen molar-refractivity contribution in [1.82, 2.24) is 4.90 Å². The quantitative estimate of drug-likeness (QED) is 0.932. The van der Waals surface area contributed by atoms with E-state index < -0.39 is 0 Å². The van der Waals surface area contributed by atoms with Crippen LogP contribution in [-0.2, 0) is 0 Å². The van der Waals surface area contributed by atoms with E-state index in [4.69, 9.17) is 26.8 Å². The maximum atomic E-state index is 6.40. The van der Waals surface area contributed by atoms with Crippen LogP contribution < -0.4 is 15.2 Å². The smallest absolute Gasteiger partial charge is 0.179 e. The molecule has 3 rings (SSSR count). The molecule has 4 nitrogen and oxygen atoms in total. The second-order valence-electron chi connectivity index (χ2n) is 5.86. The van der Waals surface area contributed by atoms with Crippen LogP contribution in [0.1, 0.15) is 37.8 Å². The van der Waals surface area contributed by atoms with E-state index in [1.165, 1.54) is 12.8 Å². The third-order valence-corrected chi connectivity index (χ3v) is 4.72. The lowest BCUT2D eigenvalue weighted by Crippen LogP contribution is -2.36. The van der Waals surface area contributed by atoms with E-state index in [-0.39, 0.29) is 6.04 Å². The van der Waals surface area contributed by atoms with Crippen LogP contribution in [0.3, 0.4) is 0 Å². The Morgan fingerprint density at radius 3 is 2.86 bits per heavy atom. The number of halogens is 1. The van der Waals surface area contributed by atoms with Crippen molar-refractivity contribution >= 4 is 11.6 Å². The number of hydrogen-bond acceptors (Lipinski definition) is 4. The number of hydrogen-bond donors (Lipinski definition) is 1. The van der Waals surface area contributed by atoms with Crippen LogP contribution >= 0.6 is 11.6 Å². The summed E-state index contributed by atoms with van der Waals surface area (Å²) in [5.74, 6) is 1.42. The molecule has 0 saturated carbocycles. The molecule has 116 valence electrons. The number of nitrogens with two attached hydrogens (primary N) is 1. The number of ether oxygens (including phenoxy) is 2. The fourth-order valence-corrected chi connectivity index (χ4v) is 3.60. The zero-order chi connectivity index (χ0) is 14.8. The average Bonchev–Trinajstić information content (AvgIpc) is 2.75. The molecule has 0 aliphatic carbocycles. The van der Waals surface area contributed by atoms with Crippen LogP contribution in [-0.4, -0.2) is 37.2 Å².